The molecule has 1 aliphatic heterocycles. The average Bonchev–Trinajstić information content (AvgIpc) is 3.16. The van der Waals surface area contributed by atoms with Gasteiger partial charge in [0.1, 0.15) is 0 Å². The Labute approximate surface area is 164 Å². The van der Waals surface area contributed by atoms with E-state index in [9.17, 15) is 9.59 Å². The minimum atomic E-state index is -0.965. The molecule has 1 heterocycles. The van der Waals surface area contributed by atoms with E-state index in [1.807, 2.05) is 55.5 Å². The number of carbonyl (C=O) groups is 2. The fraction of sp³-hybridized carbons (Fsp3) is 0.318. The number of amides is 3. The zero-order valence-corrected chi connectivity index (χ0v) is 15.9. The second-order valence-electron chi connectivity index (χ2n) is 7.40. The summed E-state index contributed by atoms with van der Waals surface area (Å²) in [5, 5.41) is 8.40. The highest BCUT2D eigenvalue weighted by Crippen LogP contribution is 2.32. The minimum absolute atomic E-state index is 0.318. The molecule has 1 fully saturated rings. The quantitative estimate of drug-likeness (QED) is 0.754. The van der Waals surface area contributed by atoms with Gasteiger partial charge in [0.2, 0.25) is 6.17 Å². The number of aliphatic imine (C=N–C) groups is 1. The van der Waals surface area contributed by atoms with Crippen LogP contribution in [0.25, 0.3) is 0 Å². The Hall–Kier alpha value is -3.15. The van der Waals surface area contributed by atoms with Crippen molar-refractivity contribution in [1.29, 1.82) is 0 Å². The van der Waals surface area contributed by atoms with Gasteiger partial charge in [-0.3, -0.25) is 9.79 Å². The topological polar surface area (TPSA) is 82.6 Å². The lowest BCUT2D eigenvalue weighted by atomic mass is 9.94. The molecule has 2 aromatic carbocycles. The first-order valence-electron chi connectivity index (χ1n) is 9.72. The van der Waals surface area contributed by atoms with Gasteiger partial charge in [0.15, 0.2) is 0 Å². The maximum atomic E-state index is 12.7. The summed E-state index contributed by atoms with van der Waals surface area (Å²) in [6.45, 7) is 1.96. The molecule has 0 bridgehead atoms. The molecule has 0 spiro atoms. The lowest BCUT2D eigenvalue weighted by Crippen LogP contribution is -2.44. The van der Waals surface area contributed by atoms with Crippen LogP contribution >= 0.6 is 0 Å². The summed E-state index contributed by atoms with van der Waals surface area (Å²) in [7, 11) is 0. The zero-order valence-electron chi connectivity index (χ0n) is 15.9. The van der Waals surface area contributed by atoms with Crippen LogP contribution in [-0.2, 0) is 4.79 Å². The minimum Gasteiger partial charge on any atom is -0.322 e. The van der Waals surface area contributed by atoms with Crippen LogP contribution in [0.2, 0.25) is 0 Å². The van der Waals surface area contributed by atoms with Crippen LogP contribution in [0, 0.1) is 12.8 Å². The molecule has 28 heavy (non-hydrogen) atoms. The van der Waals surface area contributed by atoms with Crippen LogP contribution in [0.1, 0.15) is 36.8 Å². The summed E-state index contributed by atoms with van der Waals surface area (Å²) in [6.07, 6.45) is 3.48. The Kier molecular flexibility index (Phi) is 5.10. The Bertz CT molecular complexity index is 932. The second-order valence-corrected chi connectivity index (χ2v) is 7.40. The molecule has 0 aromatic heterocycles. The van der Waals surface area contributed by atoms with E-state index in [-0.39, 0.29) is 5.91 Å². The third-order valence-corrected chi connectivity index (χ3v) is 5.26. The number of rotatable bonds is 3. The van der Waals surface area contributed by atoms with Crippen molar-refractivity contribution in [3.63, 3.8) is 0 Å². The molecule has 4 rings (SSSR count). The first-order valence-corrected chi connectivity index (χ1v) is 9.72. The molecule has 0 radical (unpaired) electrons. The molecule has 0 saturated heterocycles. The summed E-state index contributed by atoms with van der Waals surface area (Å²) < 4.78 is 0. The molecule has 144 valence electrons. The summed E-state index contributed by atoms with van der Waals surface area (Å²) in [4.78, 5) is 29.9. The van der Waals surface area contributed by atoms with Crippen molar-refractivity contribution in [1.82, 2.24) is 5.32 Å². The largest absolute Gasteiger partial charge is 0.322 e. The predicted molar refractivity (Wildman–Crippen MR) is 111 cm³/mol. The number of anilines is 2. The summed E-state index contributed by atoms with van der Waals surface area (Å²) in [5.41, 5.74) is 4.33. The predicted octanol–water partition coefficient (Wildman–Crippen LogP) is 4.07. The number of carbonyl (C=O) groups excluding carboxylic acids is 2. The van der Waals surface area contributed by atoms with Gasteiger partial charge in [-0.25, -0.2) is 4.79 Å². The van der Waals surface area contributed by atoms with Crippen molar-refractivity contribution in [2.45, 2.75) is 38.8 Å². The standard InChI is InChI=1S/C22H24N4O2/c1-14-7-6-10-16(13-14)23-22(28)26-20-21(27)24-18-12-5-4-11-17(18)19(25-20)15-8-2-3-9-15/h4-7,10-13,15,20H,2-3,8-9H2,1H3,(H,24,27)(H2,23,26,28). The van der Waals surface area contributed by atoms with E-state index in [2.05, 4.69) is 16.0 Å². The molecule has 1 atom stereocenters. The molecule has 6 heteroatoms. The first-order chi connectivity index (χ1) is 13.6. The molecule has 3 amide bonds. The number of fused-ring (bicyclic) bond motifs is 1. The van der Waals surface area contributed by atoms with Gasteiger partial charge in [0.25, 0.3) is 5.91 Å². The number of urea groups is 1. The van der Waals surface area contributed by atoms with Crippen molar-refractivity contribution in [2.75, 3.05) is 10.6 Å². The van der Waals surface area contributed by atoms with Crippen molar-refractivity contribution >= 4 is 29.0 Å². The van der Waals surface area contributed by atoms with Crippen LogP contribution in [0.5, 0.6) is 0 Å². The summed E-state index contributed by atoms with van der Waals surface area (Å²) >= 11 is 0. The van der Waals surface area contributed by atoms with Gasteiger partial charge in [0.05, 0.1) is 5.71 Å². The molecule has 2 aromatic rings. The van der Waals surface area contributed by atoms with Crippen molar-refractivity contribution in [2.24, 2.45) is 10.9 Å². The monoisotopic (exact) mass is 376 g/mol. The highest BCUT2D eigenvalue weighted by molar-refractivity contribution is 6.13. The fourth-order valence-corrected chi connectivity index (χ4v) is 3.92. The van der Waals surface area contributed by atoms with Crippen LogP contribution in [0.15, 0.2) is 53.5 Å². The Balaban J connectivity index is 1.58. The smallest absolute Gasteiger partial charge is 0.321 e. The van der Waals surface area contributed by atoms with E-state index >= 15 is 0 Å². The van der Waals surface area contributed by atoms with E-state index in [4.69, 9.17) is 4.99 Å². The Morgan fingerprint density at radius 1 is 1.11 bits per heavy atom. The molecule has 1 aliphatic carbocycles. The number of hydrogen-bond donors (Lipinski definition) is 3. The highest BCUT2D eigenvalue weighted by Gasteiger charge is 2.31. The van der Waals surface area contributed by atoms with Crippen LogP contribution < -0.4 is 16.0 Å². The van der Waals surface area contributed by atoms with E-state index < -0.39 is 12.2 Å². The van der Waals surface area contributed by atoms with Crippen LogP contribution in [0.3, 0.4) is 0 Å². The maximum absolute atomic E-state index is 12.7. The molecular formula is C22H24N4O2. The number of nitrogens with zero attached hydrogens (tertiary/aromatic N) is 1. The van der Waals surface area contributed by atoms with E-state index in [1.54, 1.807) is 0 Å². The lowest BCUT2D eigenvalue weighted by molar-refractivity contribution is -0.117. The number of benzene rings is 2. The maximum Gasteiger partial charge on any atom is 0.321 e. The van der Waals surface area contributed by atoms with Crippen LogP contribution in [-0.4, -0.2) is 23.8 Å². The van der Waals surface area contributed by atoms with Crippen LogP contribution in [0.4, 0.5) is 16.2 Å². The fourth-order valence-electron chi connectivity index (χ4n) is 3.92. The zero-order chi connectivity index (χ0) is 19.5. The van der Waals surface area contributed by atoms with Gasteiger partial charge in [-0.1, -0.05) is 43.2 Å². The number of benzodiazepines with no additional fused rings is 1. The Morgan fingerprint density at radius 2 is 1.89 bits per heavy atom. The van der Waals surface area contributed by atoms with E-state index in [0.29, 0.717) is 11.6 Å². The third kappa shape index (κ3) is 3.91. The third-order valence-electron chi connectivity index (χ3n) is 5.26. The first kappa shape index (κ1) is 18.2. The van der Waals surface area contributed by atoms with Gasteiger partial charge >= 0.3 is 6.03 Å². The van der Waals surface area contributed by atoms with Gasteiger partial charge in [-0.15, -0.1) is 0 Å². The summed E-state index contributed by atoms with van der Waals surface area (Å²) in [5.74, 6) is -0.0159. The number of para-hydroxylation sites is 1. The van der Waals surface area contributed by atoms with Crippen molar-refractivity contribution in [3.8, 4) is 0 Å². The molecular weight excluding hydrogens is 352 g/mol. The average molecular weight is 376 g/mol. The van der Waals surface area contributed by atoms with Gasteiger partial charge in [-0.2, -0.15) is 0 Å². The van der Waals surface area contributed by atoms with Crippen molar-refractivity contribution in [3.05, 3.63) is 59.7 Å². The normalized spacial score (nSPS) is 19.2. The Morgan fingerprint density at radius 3 is 2.68 bits per heavy atom. The second kappa shape index (κ2) is 7.84. The molecule has 1 unspecified atom stereocenters. The molecule has 3 N–H and O–H groups in total. The van der Waals surface area contributed by atoms with Gasteiger partial charge < -0.3 is 16.0 Å². The number of hydrogen-bond acceptors (Lipinski definition) is 3. The highest BCUT2D eigenvalue weighted by atomic mass is 16.2. The van der Waals surface area contributed by atoms with Gasteiger partial charge in [-0.05, 0) is 43.5 Å². The molecule has 1 saturated carbocycles. The summed E-state index contributed by atoms with van der Waals surface area (Å²) in [6, 6.07) is 14.8. The SMILES string of the molecule is Cc1cccc(NC(=O)NC2N=C(C3CCCC3)c3ccccc3NC2=O)c1. The number of aryl methyl sites for hydroxylation is 1. The van der Waals surface area contributed by atoms with E-state index in [1.165, 1.54) is 12.8 Å². The van der Waals surface area contributed by atoms with Gasteiger partial charge in [0, 0.05) is 22.9 Å². The van der Waals surface area contributed by atoms with Crippen molar-refractivity contribution < 1.29 is 9.59 Å². The van der Waals surface area contributed by atoms with E-state index in [0.717, 1.165) is 35.4 Å². The lowest BCUT2D eigenvalue weighted by Gasteiger charge is -2.16. The molecule has 2 aliphatic rings. The molecule has 6 nitrogen and oxygen atoms in total. The number of nitrogens with one attached hydrogen (secondary N) is 3.